The molecule has 0 amide bonds. The van der Waals surface area contributed by atoms with Gasteiger partial charge in [0.25, 0.3) is 0 Å². The van der Waals surface area contributed by atoms with Crippen molar-refractivity contribution in [2.45, 2.75) is 115 Å². The number of hydrogen-bond donors (Lipinski definition) is 0. The zero-order chi connectivity index (χ0) is 20.5. The number of alkyl halides is 1. The van der Waals surface area contributed by atoms with Crippen molar-refractivity contribution >= 4 is 5.97 Å². The molecule has 0 spiro atoms. The van der Waals surface area contributed by atoms with Crippen LogP contribution in [0.1, 0.15) is 107 Å². The molecule has 0 N–H and O–H groups in total. The van der Waals surface area contributed by atoms with Crippen molar-refractivity contribution < 1.29 is 13.9 Å². The van der Waals surface area contributed by atoms with Crippen molar-refractivity contribution in [2.24, 2.45) is 5.92 Å². The summed E-state index contributed by atoms with van der Waals surface area (Å²) in [4.78, 5) is 11.9. The molecule has 2 saturated carbocycles. The lowest BCUT2D eigenvalue weighted by atomic mass is 9.82. The Hall–Kier alpha value is -1.38. The van der Waals surface area contributed by atoms with E-state index in [-0.39, 0.29) is 12.5 Å². The lowest BCUT2D eigenvalue weighted by Gasteiger charge is -2.29. The molecule has 3 heteroatoms. The van der Waals surface area contributed by atoms with Gasteiger partial charge in [-0.2, -0.15) is 0 Å². The summed E-state index contributed by atoms with van der Waals surface area (Å²) in [6, 6.07) is 9.22. The van der Waals surface area contributed by atoms with Crippen LogP contribution in [0.4, 0.5) is 4.39 Å². The molecule has 0 saturated heterocycles. The van der Waals surface area contributed by atoms with Crippen molar-refractivity contribution in [3.05, 3.63) is 35.4 Å². The Kier molecular flexibility index (Phi) is 9.01. The van der Waals surface area contributed by atoms with Gasteiger partial charge in [-0.25, -0.2) is 9.18 Å². The largest absolute Gasteiger partial charge is 0.460 e. The summed E-state index contributed by atoms with van der Waals surface area (Å²) >= 11 is 0. The lowest BCUT2D eigenvalue weighted by Crippen LogP contribution is -2.28. The second-order valence-corrected chi connectivity index (χ2v) is 9.30. The van der Waals surface area contributed by atoms with E-state index < -0.39 is 12.1 Å². The molecule has 0 radical (unpaired) electrons. The summed E-state index contributed by atoms with van der Waals surface area (Å²) in [5, 5.41) is 0. The highest BCUT2D eigenvalue weighted by molar-refractivity contribution is 5.74. The Morgan fingerprint density at radius 1 is 1.03 bits per heavy atom. The molecule has 1 aromatic rings. The van der Waals surface area contributed by atoms with Crippen molar-refractivity contribution in [2.75, 3.05) is 0 Å². The summed E-state index contributed by atoms with van der Waals surface area (Å²) in [6.07, 6.45) is 13.8. The topological polar surface area (TPSA) is 26.3 Å². The van der Waals surface area contributed by atoms with Gasteiger partial charge in [0.1, 0.15) is 6.10 Å². The van der Waals surface area contributed by atoms with E-state index in [1.807, 2.05) is 6.92 Å². The van der Waals surface area contributed by atoms with Crippen LogP contribution in [0.3, 0.4) is 0 Å². The number of unbranched alkanes of at least 4 members (excludes halogenated alkanes) is 1. The molecule has 1 aromatic carbocycles. The average Bonchev–Trinajstić information content (AvgIpc) is 2.77. The predicted molar refractivity (Wildman–Crippen MR) is 117 cm³/mol. The van der Waals surface area contributed by atoms with E-state index in [1.54, 1.807) is 0 Å². The van der Waals surface area contributed by atoms with Crippen LogP contribution in [-0.2, 0) is 16.0 Å². The number of esters is 1. The normalized spacial score (nSPS) is 24.2. The molecular weight excluding hydrogens is 363 g/mol. The number of carbonyl (C=O) groups excluding carboxylic acids is 1. The molecular formula is C26H39FO2. The first kappa shape index (κ1) is 22.3. The van der Waals surface area contributed by atoms with E-state index in [0.717, 1.165) is 44.4 Å². The first-order chi connectivity index (χ1) is 14.2. The number of benzene rings is 1. The highest BCUT2D eigenvalue weighted by Gasteiger charge is 2.27. The van der Waals surface area contributed by atoms with E-state index in [2.05, 4.69) is 24.3 Å². The third-order valence-electron chi connectivity index (χ3n) is 7.04. The van der Waals surface area contributed by atoms with Gasteiger partial charge in [0.2, 0.25) is 0 Å². The molecule has 2 fully saturated rings. The van der Waals surface area contributed by atoms with E-state index in [4.69, 9.17) is 4.74 Å². The van der Waals surface area contributed by atoms with Gasteiger partial charge in [-0.15, -0.1) is 0 Å². The summed E-state index contributed by atoms with van der Waals surface area (Å²) in [5.74, 6) is 0.829. The van der Waals surface area contributed by atoms with Crippen LogP contribution in [-0.4, -0.2) is 18.2 Å². The van der Waals surface area contributed by atoms with Crippen molar-refractivity contribution in [3.8, 4) is 0 Å². The monoisotopic (exact) mass is 402 g/mol. The number of carbonyl (C=O) groups is 1. The molecule has 2 aliphatic rings. The fourth-order valence-corrected chi connectivity index (χ4v) is 5.06. The molecule has 1 atom stereocenters. The second-order valence-electron chi connectivity index (χ2n) is 9.30. The van der Waals surface area contributed by atoms with Gasteiger partial charge >= 0.3 is 5.97 Å². The van der Waals surface area contributed by atoms with Crippen LogP contribution in [0.25, 0.3) is 0 Å². The summed E-state index contributed by atoms with van der Waals surface area (Å²) in [5.41, 5.74) is 2.87. The molecule has 0 unspecified atom stereocenters. The number of hydrogen-bond acceptors (Lipinski definition) is 2. The molecule has 0 aliphatic heterocycles. The Balaban J connectivity index is 1.39. The Morgan fingerprint density at radius 3 is 2.38 bits per heavy atom. The van der Waals surface area contributed by atoms with Crippen LogP contribution >= 0.6 is 0 Å². The minimum Gasteiger partial charge on any atom is -0.460 e. The van der Waals surface area contributed by atoms with Gasteiger partial charge in [0.05, 0.1) is 0 Å². The molecule has 29 heavy (non-hydrogen) atoms. The summed E-state index contributed by atoms with van der Waals surface area (Å²) in [7, 11) is 0. The lowest BCUT2D eigenvalue weighted by molar-refractivity contribution is -0.157. The zero-order valence-corrected chi connectivity index (χ0v) is 18.2. The number of ether oxygens (including phenoxy) is 1. The van der Waals surface area contributed by atoms with Gasteiger partial charge in [-0.3, -0.25) is 0 Å². The van der Waals surface area contributed by atoms with E-state index in [0.29, 0.717) is 5.92 Å². The number of halogens is 1. The van der Waals surface area contributed by atoms with E-state index in [9.17, 15) is 9.18 Å². The first-order valence-corrected chi connectivity index (χ1v) is 12.1. The highest BCUT2D eigenvalue weighted by atomic mass is 19.1. The minimum atomic E-state index is -1.45. The third kappa shape index (κ3) is 7.12. The van der Waals surface area contributed by atoms with E-state index >= 15 is 0 Å². The molecule has 3 rings (SSSR count). The Morgan fingerprint density at radius 2 is 1.72 bits per heavy atom. The smallest absolute Gasteiger partial charge is 0.340 e. The third-order valence-corrected chi connectivity index (χ3v) is 7.04. The fraction of sp³-hybridized carbons (Fsp3) is 0.731. The van der Waals surface area contributed by atoms with Crippen molar-refractivity contribution in [1.29, 1.82) is 0 Å². The SMILES string of the molecule is CCCC[C@H](F)C(=O)OC1CCC(c2ccc(CCC3CCCCC3)cc2)CC1. The van der Waals surface area contributed by atoms with E-state index in [1.165, 1.54) is 56.1 Å². The number of rotatable bonds is 9. The Bertz CT molecular complexity index is 598. The minimum absolute atomic E-state index is 0.103. The fourth-order valence-electron chi connectivity index (χ4n) is 5.06. The highest BCUT2D eigenvalue weighted by Crippen LogP contribution is 2.35. The van der Waals surface area contributed by atoms with Gasteiger partial charge in [-0.1, -0.05) is 76.1 Å². The van der Waals surface area contributed by atoms with Gasteiger partial charge in [0.15, 0.2) is 6.17 Å². The molecule has 2 aliphatic carbocycles. The summed E-state index contributed by atoms with van der Waals surface area (Å²) in [6.45, 7) is 2.00. The van der Waals surface area contributed by atoms with Crippen LogP contribution < -0.4 is 0 Å². The van der Waals surface area contributed by atoms with Crippen LogP contribution in [0.2, 0.25) is 0 Å². The number of aryl methyl sites for hydroxylation is 1. The maximum atomic E-state index is 13.8. The van der Waals surface area contributed by atoms with Crippen molar-refractivity contribution in [1.82, 2.24) is 0 Å². The molecule has 2 nitrogen and oxygen atoms in total. The van der Waals surface area contributed by atoms with Gasteiger partial charge in [0, 0.05) is 0 Å². The maximum absolute atomic E-state index is 13.8. The summed E-state index contributed by atoms with van der Waals surface area (Å²) < 4.78 is 19.3. The molecule has 0 heterocycles. The van der Waals surface area contributed by atoms with Gasteiger partial charge in [-0.05, 0) is 67.9 Å². The second kappa shape index (κ2) is 11.7. The average molecular weight is 403 g/mol. The van der Waals surface area contributed by atoms with Crippen LogP contribution in [0.5, 0.6) is 0 Å². The zero-order valence-electron chi connectivity index (χ0n) is 18.2. The van der Waals surface area contributed by atoms with Crippen molar-refractivity contribution in [3.63, 3.8) is 0 Å². The predicted octanol–water partition coefficient (Wildman–Crippen LogP) is 7.30. The van der Waals surface area contributed by atoms with Crippen LogP contribution in [0, 0.1) is 5.92 Å². The maximum Gasteiger partial charge on any atom is 0.340 e. The van der Waals surface area contributed by atoms with Crippen LogP contribution in [0.15, 0.2) is 24.3 Å². The molecule has 0 bridgehead atoms. The first-order valence-electron chi connectivity index (χ1n) is 12.1. The Labute approximate surface area is 176 Å². The van der Waals surface area contributed by atoms with Gasteiger partial charge < -0.3 is 4.74 Å². The quantitative estimate of drug-likeness (QED) is 0.405. The molecule has 162 valence electrons. The molecule has 0 aromatic heterocycles. The standard InChI is InChI=1S/C26H39FO2/c1-2-3-9-25(27)26(28)29-24-18-16-23(17-19-24)22-14-12-21(13-15-22)11-10-20-7-5-4-6-8-20/h12-15,20,23-25H,2-11,16-19H2,1H3/t23?,24?,25-/m0/s1.